The molecule has 1 heterocycles. The van der Waals surface area contributed by atoms with Crippen LogP contribution in [0.3, 0.4) is 0 Å². The molecule has 3 rings (SSSR count). The molecule has 1 saturated heterocycles. The molecular formula is C20H23Cl2N3O6. The molecule has 168 valence electrons. The molecule has 0 radical (unpaired) electrons. The largest absolute Gasteiger partial charge is 0.504 e. The molecule has 0 atom stereocenters. The maximum absolute atomic E-state index is 12.5. The van der Waals surface area contributed by atoms with Gasteiger partial charge >= 0.3 is 5.69 Å². The number of aromatic hydroxyl groups is 2. The van der Waals surface area contributed by atoms with Crippen molar-refractivity contribution in [3.8, 4) is 11.5 Å². The Morgan fingerprint density at radius 2 is 1.58 bits per heavy atom. The fraction of sp³-hybridized carbons (Fsp3) is 0.300. The summed E-state index contributed by atoms with van der Waals surface area (Å²) in [5.41, 5.74) is -0.0869. The van der Waals surface area contributed by atoms with Crippen molar-refractivity contribution in [2.45, 2.75) is 6.42 Å². The third kappa shape index (κ3) is 6.30. The molecule has 2 aromatic carbocycles. The number of hydrogen-bond donors (Lipinski definition) is 2. The molecule has 2 aromatic rings. The lowest BCUT2D eigenvalue weighted by molar-refractivity contribution is -0.386. The van der Waals surface area contributed by atoms with E-state index in [1.165, 1.54) is 0 Å². The van der Waals surface area contributed by atoms with Crippen LogP contribution in [-0.4, -0.2) is 69.4 Å². The molecule has 0 unspecified atom stereocenters. The van der Waals surface area contributed by atoms with Gasteiger partial charge in [0.05, 0.1) is 4.92 Å². The summed E-state index contributed by atoms with van der Waals surface area (Å²) < 4.78 is 0. The number of phenolic OH excluding ortho intramolecular Hbond substituents is 2. The van der Waals surface area contributed by atoms with Crippen LogP contribution in [0.25, 0.3) is 0 Å². The van der Waals surface area contributed by atoms with Crippen LogP contribution in [0.4, 0.5) is 5.69 Å². The van der Waals surface area contributed by atoms with Gasteiger partial charge in [-0.3, -0.25) is 24.6 Å². The number of amides is 1. The van der Waals surface area contributed by atoms with Crippen molar-refractivity contribution >= 4 is 42.2 Å². The minimum atomic E-state index is -0.856. The Balaban J connectivity index is 0.00000240. The van der Waals surface area contributed by atoms with E-state index < -0.39 is 22.1 Å². The summed E-state index contributed by atoms with van der Waals surface area (Å²) in [7, 11) is 0. The van der Waals surface area contributed by atoms with Gasteiger partial charge in [0.1, 0.15) is 0 Å². The van der Waals surface area contributed by atoms with Crippen molar-refractivity contribution in [3.63, 3.8) is 0 Å². The number of ketones is 1. The number of Topliss-reactive ketones (excluding diaryl/α,β-unsaturated/α-hetero) is 1. The van der Waals surface area contributed by atoms with E-state index in [2.05, 4.69) is 0 Å². The van der Waals surface area contributed by atoms with Crippen LogP contribution in [0.2, 0.25) is 0 Å². The molecule has 0 aliphatic carbocycles. The lowest BCUT2D eigenvalue weighted by Gasteiger charge is -2.34. The van der Waals surface area contributed by atoms with Gasteiger partial charge in [-0.2, -0.15) is 0 Å². The fourth-order valence-corrected chi connectivity index (χ4v) is 3.25. The SMILES string of the molecule is Cl.Cl.O=C(CCN1CCN(C(=O)c2ccccc2)CC1)c1cc(O)c(O)c([N+](=O)[O-])c1. The van der Waals surface area contributed by atoms with E-state index in [0.29, 0.717) is 38.3 Å². The number of nitrogens with zero attached hydrogens (tertiary/aromatic N) is 3. The lowest BCUT2D eigenvalue weighted by Crippen LogP contribution is -2.49. The monoisotopic (exact) mass is 471 g/mol. The van der Waals surface area contributed by atoms with E-state index in [9.17, 15) is 29.9 Å². The summed E-state index contributed by atoms with van der Waals surface area (Å²) in [5, 5.41) is 30.1. The standard InChI is InChI=1S/C20H21N3O6.2ClH/c24-17(15-12-16(23(28)29)19(26)18(25)13-15)6-7-21-8-10-22(11-9-21)20(27)14-4-2-1-3-5-14;;/h1-5,12-13,25-26H,6-11H2;2*1H. The number of phenols is 2. The van der Waals surface area contributed by atoms with Crippen molar-refractivity contribution < 1.29 is 24.7 Å². The van der Waals surface area contributed by atoms with Crippen molar-refractivity contribution in [2.24, 2.45) is 0 Å². The Morgan fingerprint density at radius 1 is 0.968 bits per heavy atom. The predicted molar refractivity (Wildman–Crippen MR) is 119 cm³/mol. The second-order valence-electron chi connectivity index (χ2n) is 6.79. The Bertz CT molecular complexity index is 934. The topological polar surface area (TPSA) is 124 Å². The number of rotatable bonds is 6. The molecule has 1 aliphatic heterocycles. The summed E-state index contributed by atoms with van der Waals surface area (Å²) in [6, 6.07) is 11.0. The minimum absolute atomic E-state index is 0. The minimum Gasteiger partial charge on any atom is -0.504 e. The number of carbonyl (C=O) groups excluding carboxylic acids is 2. The smallest absolute Gasteiger partial charge is 0.315 e. The Hall–Kier alpha value is -2.88. The summed E-state index contributed by atoms with van der Waals surface area (Å²) in [6.07, 6.45) is 0.105. The summed E-state index contributed by atoms with van der Waals surface area (Å²) in [4.78, 5) is 38.7. The third-order valence-corrected chi connectivity index (χ3v) is 4.92. The van der Waals surface area contributed by atoms with Gasteiger partial charge in [0.15, 0.2) is 11.5 Å². The number of benzene rings is 2. The molecule has 1 amide bonds. The number of nitro benzene ring substituents is 1. The molecule has 9 nitrogen and oxygen atoms in total. The zero-order valence-corrected chi connectivity index (χ0v) is 18.1. The number of halogens is 2. The van der Waals surface area contributed by atoms with E-state index in [1.807, 2.05) is 23.1 Å². The third-order valence-electron chi connectivity index (χ3n) is 4.92. The Labute approximate surface area is 191 Å². The van der Waals surface area contributed by atoms with E-state index in [4.69, 9.17) is 0 Å². The van der Waals surface area contributed by atoms with Crippen LogP contribution >= 0.6 is 24.8 Å². The zero-order chi connectivity index (χ0) is 21.0. The first-order chi connectivity index (χ1) is 13.9. The summed E-state index contributed by atoms with van der Waals surface area (Å²) in [6.45, 7) is 2.77. The normalized spacial score (nSPS) is 13.6. The molecule has 1 aliphatic rings. The van der Waals surface area contributed by atoms with E-state index in [-0.39, 0.29) is 48.5 Å². The van der Waals surface area contributed by atoms with Gasteiger partial charge in [0, 0.05) is 56.3 Å². The van der Waals surface area contributed by atoms with Crippen LogP contribution in [0.15, 0.2) is 42.5 Å². The summed E-state index contributed by atoms with van der Waals surface area (Å²) in [5.74, 6) is -1.94. The molecule has 0 spiro atoms. The van der Waals surface area contributed by atoms with Crippen LogP contribution < -0.4 is 0 Å². The molecule has 1 fully saturated rings. The van der Waals surface area contributed by atoms with Crippen LogP contribution in [0.1, 0.15) is 27.1 Å². The van der Waals surface area contributed by atoms with Crippen molar-refractivity contribution in [3.05, 3.63) is 63.7 Å². The highest BCUT2D eigenvalue weighted by atomic mass is 35.5. The first kappa shape index (κ1) is 26.2. The number of nitro groups is 1. The molecular weight excluding hydrogens is 449 g/mol. The number of carbonyl (C=O) groups is 2. The fourth-order valence-electron chi connectivity index (χ4n) is 3.25. The van der Waals surface area contributed by atoms with E-state index in [1.54, 1.807) is 17.0 Å². The molecule has 11 heteroatoms. The first-order valence-corrected chi connectivity index (χ1v) is 9.17. The van der Waals surface area contributed by atoms with Gasteiger partial charge in [-0.05, 0) is 18.2 Å². The van der Waals surface area contributed by atoms with Gasteiger partial charge in [-0.15, -0.1) is 24.8 Å². The van der Waals surface area contributed by atoms with Gasteiger partial charge < -0.3 is 15.1 Å². The second-order valence-corrected chi connectivity index (χ2v) is 6.79. The predicted octanol–water partition coefficient (Wildman–Crippen LogP) is 2.88. The number of piperazine rings is 1. The molecule has 0 saturated carbocycles. The zero-order valence-electron chi connectivity index (χ0n) is 16.5. The average molecular weight is 472 g/mol. The van der Waals surface area contributed by atoms with Crippen molar-refractivity contribution in [1.29, 1.82) is 0 Å². The van der Waals surface area contributed by atoms with E-state index in [0.717, 1.165) is 12.1 Å². The van der Waals surface area contributed by atoms with Gasteiger partial charge in [-0.1, -0.05) is 18.2 Å². The van der Waals surface area contributed by atoms with Gasteiger partial charge in [0.2, 0.25) is 5.75 Å². The maximum atomic E-state index is 12.5. The van der Waals surface area contributed by atoms with Crippen molar-refractivity contribution in [2.75, 3.05) is 32.7 Å². The van der Waals surface area contributed by atoms with Crippen LogP contribution in [0, 0.1) is 10.1 Å². The summed E-state index contributed by atoms with van der Waals surface area (Å²) >= 11 is 0. The maximum Gasteiger partial charge on any atom is 0.315 e. The highest BCUT2D eigenvalue weighted by Crippen LogP contribution is 2.36. The highest BCUT2D eigenvalue weighted by Gasteiger charge is 2.24. The number of hydrogen-bond acceptors (Lipinski definition) is 7. The van der Waals surface area contributed by atoms with Crippen LogP contribution in [-0.2, 0) is 0 Å². The van der Waals surface area contributed by atoms with Crippen molar-refractivity contribution in [1.82, 2.24) is 9.80 Å². The van der Waals surface area contributed by atoms with Gasteiger partial charge in [-0.25, -0.2) is 0 Å². The average Bonchev–Trinajstić information content (AvgIpc) is 2.74. The molecule has 0 bridgehead atoms. The first-order valence-electron chi connectivity index (χ1n) is 9.17. The lowest BCUT2D eigenvalue weighted by atomic mass is 10.1. The second kappa shape index (κ2) is 11.5. The van der Waals surface area contributed by atoms with Crippen LogP contribution in [0.5, 0.6) is 11.5 Å². The molecule has 2 N–H and O–H groups in total. The van der Waals surface area contributed by atoms with E-state index >= 15 is 0 Å². The highest BCUT2D eigenvalue weighted by molar-refractivity contribution is 5.97. The Morgan fingerprint density at radius 3 is 2.16 bits per heavy atom. The quantitative estimate of drug-likeness (QED) is 0.287. The Kier molecular flexibility index (Phi) is 9.70. The molecule has 0 aromatic heterocycles. The van der Waals surface area contributed by atoms with Gasteiger partial charge in [0.25, 0.3) is 5.91 Å². The molecule has 31 heavy (non-hydrogen) atoms.